The molecule has 0 rings (SSSR count). The minimum Gasteiger partial charge on any atom is -0.330 e. The number of nitrogens with one attached hydrogen (secondary N) is 1. The number of carbonyl (C=O) groups excluding carboxylic acids is 2. The third kappa shape index (κ3) is 19.5. The summed E-state index contributed by atoms with van der Waals surface area (Å²) in [6.45, 7) is 3.39. The number of rotatable bonds is 24. The van der Waals surface area contributed by atoms with Crippen LogP contribution in [0.3, 0.4) is 0 Å². The lowest BCUT2D eigenvalue weighted by molar-refractivity contribution is -0.121. The Morgan fingerprint density at radius 2 is 0.935 bits per heavy atom. The van der Waals surface area contributed by atoms with E-state index in [2.05, 4.69) is 5.32 Å². The van der Waals surface area contributed by atoms with Gasteiger partial charge in [0.05, 0.1) is 12.1 Å². The smallest absolute Gasteiger partial charge is 0.149 e. The third-order valence-corrected chi connectivity index (χ3v) is 5.82. The van der Waals surface area contributed by atoms with E-state index >= 15 is 0 Å². The molecule has 184 valence electrons. The van der Waals surface area contributed by atoms with E-state index in [9.17, 15) is 9.59 Å². The topological polar surface area (TPSA) is 150 Å². The summed E-state index contributed by atoms with van der Waals surface area (Å²) in [5, 5.41) is 3.47. The number of unbranched alkanes of at least 4 members (excludes halogenated alkanes) is 8. The molecule has 0 heterocycles. The van der Waals surface area contributed by atoms with E-state index in [0.29, 0.717) is 25.9 Å². The molecule has 0 spiro atoms. The maximum atomic E-state index is 11.9. The zero-order chi connectivity index (χ0) is 23.2. The summed E-state index contributed by atoms with van der Waals surface area (Å²) in [4.78, 5) is 23.9. The maximum Gasteiger partial charge on any atom is 0.149 e. The summed E-state index contributed by atoms with van der Waals surface area (Å²) in [6, 6.07) is -0.593. The molecule has 0 aromatic heterocycles. The second-order valence-electron chi connectivity index (χ2n) is 8.79. The first-order valence-corrected chi connectivity index (χ1v) is 12.7. The van der Waals surface area contributed by atoms with E-state index in [4.69, 9.17) is 22.9 Å². The van der Waals surface area contributed by atoms with Crippen molar-refractivity contribution in [3.05, 3.63) is 0 Å². The Labute approximate surface area is 190 Å². The maximum absolute atomic E-state index is 11.9. The van der Waals surface area contributed by atoms with E-state index in [1.807, 2.05) is 0 Å². The molecule has 0 aromatic rings. The van der Waals surface area contributed by atoms with Gasteiger partial charge in [-0.15, -0.1) is 0 Å². The Hall–Kier alpha value is -0.860. The molecule has 7 heteroatoms. The Morgan fingerprint density at radius 3 is 1.32 bits per heavy atom. The molecule has 0 bridgehead atoms. The number of ketones is 2. The summed E-state index contributed by atoms with van der Waals surface area (Å²) >= 11 is 0. The molecule has 0 radical (unpaired) electrons. The molecule has 31 heavy (non-hydrogen) atoms. The lowest BCUT2D eigenvalue weighted by Crippen LogP contribution is -2.30. The quantitative estimate of drug-likeness (QED) is 0.144. The van der Waals surface area contributed by atoms with E-state index in [0.717, 1.165) is 103 Å². The largest absolute Gasteiger partial charge is 0.330 e. The van der Waals surface area contributed by atoms with Crippen molar-refractivity contribution in [3.63, 3.8) is 0 Å². The fourth-order valence-corrected chi connectivity index (χ4v) is 3.64. The van der Waals surface area contributed by atoms with Gasteiger partial charge in [-0.2, -0.15) is 0 Å². The van der Waals surface area contributed by atoms with Crippen LogP contribution in [0.15, 0.2) is 0 Å². The molecule has 0 saturated carbocycles. The molecule has 0 saturated heterocycles. The lowest BCUT2D eigenvalue weighted by Gasteiger charge is -2.11. The van der Waals surface area contributed by atoms with Crippen LogP contribution in [-0.4, -0.2) is 49.8 Å². The van der Waals surface area contributed by atoms with E-state index in [1.165, 1.54) is 0 Å². The molecule has 9 N–H and O–H groups in total. The van der Waals surface area contributed by atoms with Gasteiger partial charge in [0, 0.05) is 12.8 Å². The molecule has 0 aromatic carbocycles. The monoisotopic (exact) mass is 441 g/mol. The highest BCUT2D eigenvalue weighted by molar-refractivity contribution is 5.84. The minimum absolute atomic E-state index is 0.197. The van der Waals surface area contributed by atoms with E-state index in [-0.39, 0.29) is 23.7 Å². The normalized spacial score (nSPS) is 13.3. The van der Waals surface area contributed by atoms with E-state index in [1.54, 1.807) is 0 Å². The van der Waals surface area contributed by atoms with Crippen LogP contribution in [0, 0.1) is 0 Å². The molecule has 7 nitrogen and oxygen atoms in total. The van der Waals surface area contributed by atoms with Crippen LogP contribution in [0.25, 0.3) is 0 Å². The number of Topliss-reactive ketones (excluding diaryl/α,β-unsaturated/α-hetero) is 2. The van der Waals surface area contributed by atoms with Gasteiger partial charge in [-0.05, 0) is 77.5 Å². The highest BCUT2D eigenvalue weighted by Crippen LogP contribution is 2.09. The molecule has 0 aliphatic carbocycles. The van der Waals surface area contributed by atoms with Gasteiger partial charge in [0.25, 0.3) is 0 Å². The highest BCUT2D eigenvalue weighted by Gasteiger charge is 2.13. The second kappa shape index (κ2) is 22.3. The summed E-state index contributed by atoms with van der Waals surface area (Å²) in [7, 11) is 0. The number of hydrogen-bond acceptors (Lipinski definition) is 7. The van der Waals surface area contributed by atoms with Crippen LogP contribution in [-0.2, 0) is 9.59 Å². The van der Waals surface area contributed by atoms with Crippen molar-refractivity contribution in [2.75, 3.05) is 26.2 Å². The fraction of sp³-hybridized carbons (Fsp3) is 0.917. The van der Waals surface area contributed by atoms with Gasteiger partial charge in [-0.25, -0.2) is 0 Å². The van der Waals surface area contributed by atoms with Crippen molar-refractivity contribution >= 4 is 11.6 Å². The third-order valence-electron chi connectivity index (χ3n) is 5.82. The van der Waals surface area contributed by atoms with Crippen LogP contribution >= 0.6 is 0 Å². The molecule has 0 amide bonds. The predicted molar refractivity (Wildman–Crippen MR) is 131 cm³/mol. The summed E-state index contributed by atoms with van der Waals surface area (Å²) in [5.41, 5.74) is 22.9. The van der Waals surface area contributed by atoms with Crippen LogP contribution in [0.1, 0.15) is 103 Å². The van der Waals surface area contributed by atoms with Crippen LogP contribution in [0.2, 0.25) is 0 Å². The van der Waals surface area contributed by atoms with Crippen molar-refractivity contribution < 1.29 is 9.59 Å². The molecule has 2 atom stereocenters. The van der Waals surface area contributed by atoms with Gasteiger partial charge in [-0.3, -0.25) is 9.59 Å². The van der Waals surface area contributed by atoms with Crippen molar-refractivity contribution in [1.82, 2.24) is 5.32 Å². The molecule has 0 fully saturated rings. The average molecular weight is 442 g/mol. The predicted octanol–water partition coefficient (Wildman–Crippen LogP) is 2.53. The first-order chi connectivity index (χ1) is 15.0. The Bertz CT molecular complexity index is 396. The first-order valence-electron chi connectivity index (χ1n) is 12.7. The van der Waals surface area contributed by atoms with Crippen molar-refractivity contribution in [2.45, 2.75) is 115 Å². The summed E-state index contributed by atoms with van der Waals surface area (Å²) in [6.07, 6.45) is 15.0. The summed E-state index contributed by atoms with van der Waals surface area (Å²) < 4.78 is 0. The van der Waals surface area contributed by atoms with Gasteiger partial charge >= 0.3 is 0 Å². The molecular formula is C24H51N5O2. The molecule has 0 aliphatic rings. The molecular weight excluding hydrogens is 390 g/mol. The Morgan fingerprint density at radius 1 is 0.548 bits per heavy atom. The second-order valence-corrected chi connectivity index (χ2v) is 8.79. The van der Waals surface area contributed by atoms with Crippen LogP contribution < -0.4 is 28.3 Å². The molecule has 0 aliphatic heterocycles. The fourth-order valence-electron chi connectivity index (χ4n) is 3.64. The standard InChI is InChI=1S/C24H51N5O2/c25-17-9-1-7-15-23(30)21(27)13-5-3-11-19-29-20-12-4-6-14-22(28)24(31)16-8-2-10-18-26/h21-22,29H,1-20,25-28H2. The zero-order valence-electron chi connectivity index (χ0n) is 19.9. The minimum atomic E-state index is -0.296. The Kier molecular flexibility index (Phi) is 21.7. The lowest BCUT2D eigenvalue weighted by atomic mass is 10.0. The van der Waals surface area contributed by atoms with Gasteiger partial charge in [-0.1, -0.05) is 38.5 Å². The Balaban J connectivity index is 3.42. The number of hydrogen-bond donors (Lipinski definition) is 5. The molecule has 2 unspecified atom stereocenters. The van der Waals surface area contributed by atoms with Crippen molar-refractivity contribution in [2.24, 2.45) is 22.9 Å². The van der Waals surface area contributed by atoms with Gasteiger partial charge in [0.1, 0.15) is 11.6 Å². The summed E-state index contributed by atoms with van der Waals surface area (Å²) in [5.74, 6) is 0.395. The number of carbonyl (C=O) groups is 2. The first kappa shape index (κ1) is 30.1. The van der Waals surface area contributed by atoms with Gasteiger partial charge in [0.2, 0.25) is 0 Å². The zero-order valence-corrected chi connectivity index (χ0v) is 19.9. The van der Waals surface area contributed by atoms with Crippen molar-refractivity contribution in [3.8, 4) is 0 Å². The van der Waals surface area contributed by atoms with Gasteiger partial charge in [0.15, 0.2) is 0 Å². The SMILES string of the molecule is NCCCCCC(=O)C(N)CCCCCNCCCCCC(N)C(=O)CCCCCN. The average Bonchev–Trinajstić information content (AvgIpc) is 2.77. The highest BCUT2D eigenvalue weighted by atomic mass is 16.1. The van der Waals surface area contributed by atoms with E-state index < -0.39 is 0 Å². The number of nitrogens with two attached hydrogens (primary N) is 4. The van der Waals surface area contributed by atoms with Gasteiger partial charge < -0.3 is 28.3 Å². The van der Waals surface area contributed by atoms with Crippen molar-refractivity contribution in [1.29, 1.82) is 0 Å². The van der Waals surface area contributed by atoms with Crippen LogP contribution in [0.5, 0.6) is 0 Å². The van der Waals surface area contributed by atoms with Crippen LogP contribution in [0.4, 0.5) is 0 Å².